The van der Waals surface area contributed by atoms with Crippen LogP contribution in [0.1, 0.15) is 22.8 Å². The van der Waals surface area contributed by atoms with Gasteiger partial charge in [0, 0.05) is 18.8 Å². The highest BCUT2D eigenvalue weighted by atomic mass is 19.4. The Labute approximate surface area is 232 Å². The first-order valence-electron chi connectivity index (χ1n) is 10.9. The Bertz CT molecular complexity index is 1260. The average Bonchev–Trinajstić information content (AvgIpc) is 2.77. The van der Waals surface area contributed by atoms with Crippen molar-refractivity contribution in [2.24, 2.45) is 0 Å². The number of nitrogens with one attached hydrogen (secondary N) is 2. The van der Waals surface area contributed by atoms with Crippen molar-refractivity contribution >= 4 is 86.1 Å². The molecule has 1 aliphatic heterocycles. The number of halogens is 4. The molecule has 0 spiro atoms. The van der Waals surface area contributed by atoms with Crippen molar-refractivity contribution in [3.05, 3.63) is 35.3 Å². The SMILES string of the molecule is [B]C1([B])OC([B])([B])C([B])([B])N(C(=O)c2cc(OC)c(Nc3ncc(C(F)(F)F)c(NCC)n3)cc2F)C1([B])[B]. The van der Waals surface area contributed by atoms with Gasteiger partial charge in [0.2, 0.25) is 5.95 Å². The Hall–Kier alpha value is -2.63. The summed E-state index contributed by atoms with van der Waals surface area (Å²) in [5, 5.41) is -5.63. The third-order valence-electron chi connectivity index (χ3n) is 5.74. The molecule has 0 unspecified atom stereocenters. The van der Waals surface area contributed by atoms with Crippen LogP contribution in [-0.4, -0.2) is 119 Å². The minimum atomic E-state index is -4.74. The first-order valence-corrected chi connectivity index (χ1v) is 10.9. The fourth-order valence-electron chi connectivity index (χ4n) is 3.61. The van der Waals surface area contributed by atoms with E-state index in [1.807, 2.05) is 0 Å². The molecule has 0 aliphatic carbocycles. The number of rotatable bonds is 6. The zero-order valence-corrected chi connectivity index (χ0v) is 20.6. The van der Waals surface area contributed by atoms with Gasteiger partial charge in [-0.3, -0.25) is 4.79 Å². The van der Waals surface area contributed by atoms with Crippen LogP contribution in [0, 0.1) is 5.82 Å². The molecule has 0 saturated carbocycles. The van der Waals surface area contributed by atoms with Crippen molar-refractivity contribution in [2.75, 3.05) is 24.3 Å². The van der Waals surface area contributed by atoms with Crippen LogP contribution in [-0.2, 0) is 10.9 Å². The van der Waals surface area contributed by atoms with Gasteiger partial charge < -0.3 is 25.0 Å². The maximum absolute atomic E-state index is 15.3. The standard InChI is InChI=1S/C19H13B8F4N5O3/c1-3-32-12-8(15(29,30)31)6-33-14(35-12)34-10-5-9(28)7(4-11(10)38-2)13(37)36-16(20,21)18(24,25)39-19(26,27)17(36,22)23/h4-6H,3H2,1-2H3,(H2,32,33,34,35). The molecule has 16 radical (unpaired) electrons. The van der Waals surface area contributed by atoms with Gasteiger partial charge in [0.25, 0.3) is 5.91 Å². The van der Waals surface area contributed by atoms with E-state index in [9.17, 15) is 18.0 Å². The molecule has 3 rings (SSSR count). The number of hydrogen-bond donors (Lipinski definition) is 2. The molecule has 184 valence electrons. The van der Waals surface area contributed by atoms with E-state index in [2.05, 4.69) is 20.6 Å². The highest BCUT2D eigenvalue weighted by Gasteiger charge is 2.58. The number of carbonyl (C=O) groups excluding carboxylic acids is 1. The zero-order valence-electron chi connectivity index (χ0n) is 20.6. The first kappa shape index (κ1) is 30.9. The van der Waals surface area contributed by atoms with Crippen LogP contribution in [0.4, 0.5) is 35.0 Å². The van der Waals surface area contributed by atoms with E-state index in [1.54, 1.807) is 6.92 Å². The lowest BCUT2D eigenvalue weighted by atomic mass is 9.30. The summed E-state index contributed by atoms with van der Waals surface area (Å²) in [6, 6.07) is 1.63. The third-order valence-corrected chi connectivity index (χ3v) is 5.74. The predicted molar refractivity (Wildman–Crippen MR) is 142 cm³/mol. The highest BCUT2D eigenvalue weighted by Crippen LogP contribution is 2.42. The molecule has 0 bridgehead atoms. The van der Waals surface area contributed by atoms with Gasteiger partial charge in [0.1, 0.15) is 54.3 Å². The second kappa shape index (κ2) is 10.1. The Balaban J connectivity index is 2.06. The van der Waals surface area contributed by atoms with Crippen molar-refractivity contribution in [3.63, 3.8) is 0 Å². The van der Waals surface area contributed by atoms with E-state index < -0.39 is 56.3 Å². The second-order valence-corrected chi connectivity index (χ2v) is 8.62. The number of hydrogen-bond acceptors (Lipinski definition) is 7. The van der Waals surface area contributed by atoms with E-state index in [-0.39, 0.29) is 28.8 Å². The lowest BCUT2D eigenvalue weighted by molar-refractivity contribution is -0.137. The summed E-state index contributed by atoms with van der Waals surface area (Å²) in [4.78, 5) is 21.2. The van der Waals surface area contributed by atoms with Gasteiger partial charge in [0.05, 0.1) is 49.7 Å². The van der Waals surface area contributed by atoms with Crippen molar-refractivity contribution in [3.8, 4) is 5.75 Å². The molecule has 0 atom stereocenters. The van der Waals surface area contributed by atoms with E-state index in [0.29, 0.717) is 6.20 Å². The molecule has 1 amide bonds. The molecule has 2 heterocycles. The minimum Gasteiger partial charge on any atom is -0.495 e. The summed E-state index contributed by atoms with van der Waals surface area (Å²) in [6.45, 7) is 1.68. The van der Waals surface area contributed by atoms with Gasteiger partial charge in [-0.1, -0.05) is 0 Å². The summed E-state index contributed by atoms with van der Waals surface area (Å²) in [5.74, 6) is -3.71. The van der Waals surface area contributed by atoms with E-state index in [0.717, 1.165) is 19.2 Å². The number of amides is 1. The van der Waals surface area contributed by atoms with Gasteiger partial charge in [0.15, 0.2) is 0 Å². The predicted octanol–water partition coefficient (Wildman–Crippen LogP) is -0.746. The lowest BCUT2D eigenvalue weighted by Gasteiger charge is -2.70. The van der Waals surface area contributed by atoms with Crippen LogP contribution < -0.4 is 15.4 Å². The molecule has 20 heteroatoms. The lowest BCUT2D eigenvalue weighted by Crippen LogP contribution is -2.86. The van der Waals surface area contributed by atoms with Crippen molar-refractivity contribution in [1.82, 2.24) is 14.9 Å². The third kappa shape index (κ3) is 5.40. The van der Waals surface area contributed by atoms with Crippen LogP contribution in [0.5, 0.6) is 5.75 Å². The molecule has 1 aromatic carbocycles. The largest absolute Gasteiger partial charge is 0.495 e. The van der Waals surface area contributed by atoms with Crippen LogP contribution in [0.25, 0.3) is 0 Å². The Kier molecular flexibility index (Phi) is 7.99. The molecular formula is C19H13B8F4N5O3. The second-order valence-electron chi connectivity index (χ2n) is 8.62. The Morgan fingerprint density at radius 3 is 2.13 bits per heavy atom. The number of anilines is 3. The number of carbonyl (C=O) groups is 1. The van der Waals surface area contributed by atoms with E-state index >= 15 is 4.39 Å². The molecule has 1 fully saturated rings. The molecule has 39 heavy (non-hydrogen) atoms. The monoisotopic (exact) mass is 523 g/mol. The van der Waals surface area contributed by atoms with Gasteiger partial charge >= 0.3 is 6.18 Å². The molecule has 1 aliphatic rings. The number of alkyl halides is 3. The summed E-state index contributed by atoms with van der Waals surface area (Å²) >= 11 is 0. The maximum Gasteiger partial charge on any atom is 0.421 e. The van der Waals surface area contributed by atoms with E-state index in [1.165, 1.54) is 0 Å². The molecule has 2 N–H and O–H groups in total. The van der Waals surface area contributed by atoms with Crippen molar-refractivity contribution < 1.29 is 31.8 Å². The van der Waals surface area contributed by atoms with Gasteiger partial charge in [-0.2, -0.15) is 18.2 Å². The summed E-state index contributed by atoms with van der Waals surface area (Å²) in [5.41, 5.74) is -2.08. The number of morpholine rings is 1. The molecule has 1 saturated heterocycles. The summed E-state index contributed by atoms with van der Waals surface area (Å²) in [7, 11) is 47.9. The maximum atomic E-state index is 15.3. The van der Waals surface area contributed by atoms with Crippen LogP contribution in [0.3, 0.4) is 0 Å². The van der Waals surface area contributed by atoms with Gasteiger partial charge in [-0.15, -0.1) is 0 Å². The quantitative estimate of drug-likeness (QED) is 0.382. The molecule has 8 nitrogen and oxygen atoms in total. The van der Waals surface area contributed by atoms with Crippen molar-refractivity contribution in [2.45, 2.75) is 34.6 Å². The molecule has 1 aromatic heterocycles. The molecular weight excluding hydrogens is 509 g/mol. The number of benzene rings is 1. The number of ether oxygens (including phenoxy) is 2. The molecule has 2 aromatic rings. The number of methoxy groups -OCH3 is 1. The van der Waals surface area contributed by atoms with E-state index in [4.69, 9.17) is 72.2 Å². The first-order chi connectivity index (χ1) is 17.7. The Morgan fingerprint density at radius 2 is 1.64 bits per heavy atom. The van der Waals surface area contributed by atoms with Crippen molar-refractivity contribution in [1.29, 1.82) is 0 Å². The number of aromatic nitrogens is 2. The highest BCUT2D eigenvalue weighted by molar-refractivity contribution is 6.60. The Morgan fingerprint density at radius 1 is 1.08 bits per heavy atom. The zero-order chi connectivity index (χ0) is 29.8. The summed E-state index contributed by atoms with van der Waals surface area (Å²) < 4.78 is 65.3. The van der Waals surface area contributed by atoms with Gasteiger partial charge in [-0.05, 0) is 34.5 Å². The summed E-state index contributed by atoms with van der Waals surface area (Å²) in [6.07, 6.45) is -4.20. The topological polar surface area (TPSA) is 88.6 Å². The smallest absolute Gasteiger partial charge is 0.421 e. The fraction of sp³-hybridized carbons (Fsp3) is 0.421. The normalized spacial score (nSPS) is 19.2. The van der Waals surface area contributed by atoms with Crippen LogP contribution in [0.2, 0.25) is 0 Å². The number of nitrogens with zero attached hydrogens (tertiary/aromatic N) is 3. The average molecular weight is 522 g/mol. The van der Waals surface area contributed by atoms with Crippen LogP contribution >= 0.6 is 0 Å². The van der Waals surface area contributed by atoms with Crippen LogP contribution in [0.15, 0.2) is 18.3 Å². The minimum absolute atomic E-state index is 0.114. The fourth-order valence-corrected chi connectivity index (χ4v) is 3.61. The van der Waals surface area contributed by atoms with Gasteiger partial charge in [-0.25, -0.2) is 9.37 Å².